The Balaban J connectivity index is 1.78. The van der Waals surface area contributed by atoms with E-state index in [1.165, 1.54) is 13.8 Å². The molecule has 0 bridgehead atoms. The van der Waals surface area contributed by atoms with Crippen LogP contribution in [0.2, 0.25) is 0 Å². The molecule has 4 aromatic rings. The zero-order valence-corrected chi connectivity index (χ0v) is 22.5. The average molecular weight is 647 g/mol. The number of thioether (sulfide) groups is 1. The third-order valence-corrected chi connectivity index (χ3v) is 7.83. The van der Waals surface area contributed by atoms with Crippen LogP contribution in [-0.4, -0.2) is 31.9 Å². The molecule has 0 spiro atoms. The van der Waals surface area contributed by atoms with Crippen LogP contribution >= 0.6 is 11.8 Å². The molecule has 4 nitrogen and oxygen atoms in total. The minimum Gasteiger partial charge on any atom is -0.240 e. The molecule has 2 aromatic carbocycles. The van der Waals surface area contributed by atoms with E-state index in [1.54, 1.807) is 0 Å². The minimum atomic E-state index is -5.27. The van der Waals surface area contributed by atoms with Gasteiger partial charge in [-0.1, -0.05) is 12.1 Å². The van der Waals surface area contributed by atoms with Crippen molar-refractivity contribution in [1.82, 2.24) is 19.6 Å². The fourth-order valence-electron chi connectivity index (χ4n) is 4.13. The van der Waals surface area contributed by atoms with Gasteiger partial charge in [-0.05, 0) is 72.5 Å². The van der Waals surface area contributed by atoms with E-state index in [4.69, 9.17) is 0 Å². The van der Waals surface area contributed by atoms with Crippen molar-refractivity contribution in [2.24, 2.45) is 0 Å². The zero-order chi connectivity index (χ0) is 32.1. The number of alkyl halides is 12. The Hall–Kier alpha value is -3.63. The first-order chi connectivity index (χ1) is 19.7. The van der Waals surface area contributed by atoms with Crippen LogP contribution in [-0.2, 0) is 12.4 Å². The van der Waals surface area contributed by atoms with Crippen LogP contribution in [0.3, 0.4) is 0 Å². The Morgan fingerprint density at radius 2 is 0.907 bits per heavy atom. The number of nitrogens with zero attached hydrogens (tertiary/aromatic N) is 4. The second-order valence-electron chi connectivity index (χ2n) is 9.35. The van der Waals surface area contributed by atoms with Gasteiger partial charge in [-0.3, -0.25) is 0 Å². The highest BCUT2D eigenvalue weighted by atomic mass is 32.2. The Kier molecular flexibility index (Phi) is 8.36. The first kappa shape index (κ1) is 32.3. The molecule has 43 heavy (non-hydrogen) atoms. The second kappa shape index (κ2) is 11.1. The molecular formula is C26H18F12N4S. The highest BCUT2D eigenvalue weighted by molar-refractivity contribution is 7.99. The van der Waals surface area contributed by atoms with E-state index in [1.807, 2.05) is 0 Å². The molecule has 0 aliphatic carbocycles. The Morgan fingerprint density at radius 1 is 0.558 bits per heavy atom. The molecular weight excluding hydrogens is 628 g/mol. The van der Waals surface area contributed by atoms with E-state index >= 15 is 0 Å². The predicted molar refractivity (Wildman–Crippen MR) is 132 cm³/mol. The molecule has 0 amide bonds. The second-order valence-corrected chi connectivity index (χ2v) is 10.6. The molecule has 0 radical (unpaired) electrons. The van der Waals surface area contributed by atoms with E-state index < -0.39 is 69.5 Å². The normalized spacial score (nSPS) is 14.7. The molecule has 2 unspecified atom stereocenters. The SMILES string of the molecule is Cc1ccc(-n2ccc(C(F)(F)F)n2)cc1C(SC(c1cc(-n2ccc(C(F)(F)F)n2)ccc1C)C(F)(F)F)C(F)(F)F. The molecule has 0 saturated heterocycles. The summed E-state index contributed by atoms with van der Waals surface area (Å²) in [5.74, 6) is 0. The van der Waals surface area contributed by atoms with Crippen LogP contribution in [0.5, 0.6) is 0 Å². The Morgan fingerprint density at radius 3 is 1.19 bits per heavy atom. The third-order valence-electron chi connectivity index (χ3n) is 6.25. The topological polar surface area (TPSA) is 35.6 Å². The van der Waals surface area contributed by atoms with Gasteiger partial charge in [-0.25, -0.2) is 9.36 Å². The zero-order valence-electron chi connectivity index (χ0n) is 21.7. The third kappa shape index (κ3) is 7.13. The fourth-order valence-corrected chi connectivity index (χ4v) is 5.52. The molecule has 2 heterocycles. The summed E-state index contributed by atoms with van der Waals surface area (Å²) < 4.78 is 166. The summed E-state index contributed by atoms with van der Waals surface area (Å²) in [6.45, 7) is 2.40. The summed E-state index contributed by atoms with van der Waals surface area (Å²) in [6, 6.07) is 7.35. The van der Waals surface area contributed by atoms with E-state index in [9.17, 15) is 52.7 Å². The Labute approximate surface area is 239 Å². The van der Waals surface area contributed by atoms with Gasteiger partial charge in [0.15, 0.2) is 11.4 Å². The van der Waals surface area contributed by atoms with Gasteiger partial charge in [-0.15, -0.1) is 11.8 Å². The van der Waals surface area contributed by atoms with Crippen LogP contribution in [0.25, 0.3) is 11.4 Å². The number of halogens is 12. The molecule has 0 fully saturated rings. The van der Waals surface area contributed by atoms with Crippen LogP contribution < -0.4 is 0 Å². The van der Waals surface area contributed by atoms with E-state index in [-0.39, 0.29) is 22.5 Å². The number of benzene rings is 2. The van der Waals surface area contributed by atoms with Crippen molar-refractivity contribution < 1.29 is 52.7 Å². The number of aryl methyl sites for hydroxylation is 2. The molecule has 0 N–H and O–H groups in total. The lowest BCUT2D eigenvalue weighted by Crippen LogP contribution is -2.26. The standard InChI is InChI=1S/C26H18F12N4S/c1-13-3-5-15(41-9-7-19(39-41)23(27,28)29)11-17(13)21(25(33,34)35)43-22(26(36,37)38)18-12-16(6-4-14(18)2)42-10-8-20(40-42)24(30,31)32/h3-12,21-22H,1-2H3. The summed E-state index contributed by atoms with van der Waals surface area (Å²) in [5, 5.41) is 0.971. The van der Waals surface area contributed by atoms with E-state index in [0.29, 0.717) is 21.5 Å². The summed E-state index contributed by atoms with van der Waals surface area (Å²) in [7, 11) is 0. The number of hydrogen-bond acceptors (Lipinski definition) is 3. The van der Waals surface area contributed by atoms with Crippen LogP contribution in [0.4, 0.5) is 52.7 Å². The first-order valence-corrected chi connectivity index (χ1v) is 12.9. The maximum Gasteiger partial charge on any atom is 0.435 e. The maximum atomic E-state index is 14.4. The number of rotatable bonds is 6. The van der Waals surface area contributed by atoms with Gasteiger partial charge in [-0.2, -0.15) is 62.9 Å². The molecule has 0 aliphatic rings. The molecule has 232 valence electrons. The molecule has 2 aromatic heterocycles. The van der Waals surface area contributed by atoms with Crippen molar-refractivity contribution in [3.05, 3.63) is 94.6 Å². The lowest BCUT2D eigenvalue weighted by molar-refractivity contribution is -0.142. The summed E-state index contributed by atoms with van der Waals surface area (Å²) in [4.78, 5) is 0. The van der Waals surface area contributed by atoms with Gasteiger partial charge >= 0.3 is 24.7 Å². The molecule has 0 saturated carbocycles. The Bertz CT molecular complexity index is 1480. The largest absolute Gasteiger partial charge is 0.435 e. The molecule has 17 heteroatoms. The highest BCUT2D eigenvalue weighted by Gasteiger charge is 2.50. The summed E-state index contributed by atoms with van der Waals surface area (Å²) in [6.07, 6.45) is -18.5. The van der Waals surface area contributed by atoms with Gasteiger partial charge in [0.2, 0.25) is 0 Å². The van der Waals surface area contributed by atoms with Crippen molar-refractivity contribution >= 4 is 11.8 Å². The lowest BCUT2D eigenvalue weighted by Gasteiger charge is -2.29. The van der Waals surface area contributed by atoms with E-state index in [0.717, 1.165) is 48.8 Å². The predicted octanol–water partition coefficient (Wildman–Crippen LogP) is 9.35. The highest BCUT2D eigenvalue weighted by Crippen LogP contribution is 2.56. The van der Waals surface area contributed by atoms with Gasteiger partial charge in [0.05, 0.1) is 11.4 Å². The van der Waals surface area contributed by atoms with Gasteiger partial charge in [0.1, 0.15) is 10.5 Å². The van der Waals surface area contributed by atoms with Gasteiger partial charge < -0.3 is 0 Å². The van der Waals surface area contributed by atoms with Crippen molar-refractivity contribution in [2.45, 2.75) is 49.1 Å². The number of hydrogen-bond donors (Lipinski definition) is 0. The van der Waals surface area contributed by atoms with Crippen molar-refractivity contribution in [3.63, 3.8) is 0 Å². The number of aromatic nitrogens is 4. The van der Waals surface area contributed by atoms with Crippen molar-refractivity contribution in [2.75, 3.05) is 0 Å². The van der Waals surface area contributed by atoms with Gasteiger partial charge in [0.25, 0.3) is 0 Å². The molecule has 0 aliphatic heterocycles. The van der Waals surface area contributed by atoms with Crippen LogP contribution in [0, 0.1) is 13.8 Å². The smallest absolute Gasteiger partial charge is 0.240 e. The molecule has 2 atom stereocenters. The fraction of sp³-hybridized carbons (Fsp3) is 0.308. The first-order valence-electron chi connectivity index (χ1n) is 11.9. The summed E-state index contributed by atoms with van der Waals surface area (Å²) in [5.41, 5.74) is -4.66. The van der Waals surface area contributed by atoms with Crippen molar-refractivity contribution in [3.8, 4) is 11.4 Å². The lowest BCUT2D eigenvalue weighted by atomic mass is 10.0. The van der Waals surface area contributed by atoms with Crippen LogP contribution in [0.1, 0.15) is 44.1 Å². The quantitative estimate of drug-likeness (QED) is 0.196. The monoisotopic (exact) mass is 646 g/mol. The summed E-state index contributed by atoms with van der Waals surface area (Å²) >= 11 is -0.504. The minimum absolute atomic E-state index is 0.0932. The van der Waals surface area contributed by atoms with E-state index in [2.05, 4.69) is 10.2 Å². The van der Waals surface area contributed by atoms with Gasteiger partial charge in [0, 0.05) is 12.4 Å². The maximum absolute atomic E-state index is 14.4. The van der Waals surface area contributed by atoms with Crippen molar-refractivity contribution in [1.29, 1.82) is 0 Å². The average Bonchev–Trinajstić information content (AvgIpc) is 3.55. The molecule has 4 rings (SSSR count). The van der Waals surface area contributed by atoms with Crippen LogP contribution in [0.15, 0.2) is 60.9 Å².